The summed E-state index contributed by atoms with van der Waals surface area (Å²) in [6.45, 7) is 6.02. The van der Waals surface area contributed by atoms with Crippen LogP contribution in [-0.4, -0.2) is 31.6 Å². The van der Waals surface area contributed by atoms with Crippen molar-refractivity contribution in [3.8, 4) is 5.75 Å². The van der Waals surface area contributed by atoms with E-state index in [2.05, 4.69) is 5.32 Å². The van der Waals surface area contributed by atoms with Crippen molar-refractivity contribution in [1.29, 1.82) is 0 Å². The molecule has 0 aliphatic rings. The fraction of sp³-hybridized carbons (Fsp3) is 0.467. The second-order valence-corrected chi connectivity index (χ2v) is 5.18. The lowest BCUT2D eigenvalue weighted by molar-refractivity contribution is -0.129. The van der Waals surface area contributed by atoms with Gasteiger partial charge >= 0.3 is 5.97 Å². The Morgan fingerprint density at radius 3 is 2.48 bits per heavy atom. The average molecular weight is 294 g/mol. The third-order valence-corrected chi connectivity index (χ3v) is 2.74. The highest BCUT2D eigenvalue weighted by Crippen LogP contribution is 2.19. The van der Waals surface area contributed by atoms with Crippen LogP contribution in [0.25, 0.3) is 0 Å². The van der Waals surface area contributed by atoms with E-state index in [1.165, 1.54) is 26.2 Å². The zero-order valence-corrected chi connectivity index (χ0v) is 12.8. The molecule has 1 amide bonds. The summed E-state index contributed by atoms with van der Waals surface area (Å²) in [6, 6.07) is 4.58. The number of amides is 1. The van der Waals surface area contributed by atoms with E-state index in [0.717, 1.165) is 0 Å². The van der Waals surface area contributed by atoms with Crippen LogP contribution < -0.4 is 15.8 Å². The summed E-state index contributed by atoms with van der Waals surface area (Å²) in [5.74, 6) is -0.158. The average Bonchev–Trinajstić information content (AvgIpc) is 2.43. The van der Waals surface area contributed by atoms with Crippen molar-refractivity contribution in [2.24, 2.45) is 5.92 Å². The molecule has 0 saturated heterocycles. The predicted molar refractivity (Wildman–Crippen MR) is 80.1 cm³/mol. The molecule has 0 bridgehead atoms. The molecular weight excluding hydrogens is 272 g/mol. The van der Waals surface area contributed by atoms with Crippen molar-refractivity contribution in [2.45, 2.75) is 26.9 Å². The second-order valence-electron chi connectivity index (χ2n) is 5.18. The molecule has 1 unspecified atom stereocenters. The summed E-state index contributed by atoms with van der Waals surface area (Å²) in [6.07, 6.45) is -0.872. The van der Waals surface area contributed by atoms with Crippen LogP contribution in [0, 0.1) is 5.92 Å². The molecule has 0 radical (unpaired) electrons. The van der Waals surface area contributed by atoms with Crippen molar-refractivity contribution in [1.82, 2.24) is 5.32 Å². The van der Waals surface area contributed by atoms with Crippen molar-refractivity contribution in [3.63, 3.8) is 0 Å². The van der Waals surface area contributed by atoms with Gasteiger partial charge in [-0.25, -0.2) is 4.79 Å². The molecule has 1 rings (SSSR count). The Morgan fingerprint density at radius 1 is 1.24 bits per heavy atom. The smallest absolute Gasteiger partial charge is 0.339 e. The minimum atomic E-state index is -0.872. The van der Waals surface area contributed by atoms with E-state index in [0.29, 0.717) is 23.9 Å². The van der Waals surface area contributed by atoms with Gasteiger partial charge in [-0.2, -0.15) is 0 Å². The molecule has 21 heavy (non-hydrogen) atoms. The lowest BCUT2D eigenvalue weighted by atomic mass is 10.2. The molecule has 0 aromatic heterocycles. The quantitative estimate of drug-likeness (QED) is 0.614. The molecule has 1 aromatic rings. The number of rotatable bonds is 6. The van der Waals surface area contributed by atoms with E-state index in [4.69, 9.17) is 15.2 Å². The number of nitrogen functional groups attached to an aromatic ring is 1. The Labute approximate surface area is 124 Å². The summed E-state index contributed by atoms with van der Waals surface area (Å²) >= 11 is 0. The van der Waals surface area contributed by atoms with Crippen LogP contribution in [-0.2, 0) is 9.53 Å². The molecule has 0 aliphatic heterocycles. The van der Waals surface area contributed by atoms with Crippen LogP contribution in [0.2, 0.25) is 0 Å². The number of ether oxygens (including phenoxy) is 2. The number of carbonyl (C=O) groups is 2. The first-order valence-electron chi connectivity index (χ1n) is 6.76. The van der Waals surface area contributed by atoms with Gasteiger partial charge in [-0.3, -0.25) is 4.79 Å². The largest absolute Gasteiger partial charge is 0.497 e. The van der Waals surface area contributed by atoms with Crippen molar-refractivity contribution in [2.75, 3.05) is 19.4 Å². The summed E-state index contributed by atoms with van der Waals surface area (Å²) < 4.78 is 10.2. The SMILES string of the molecule is COc1cc(N)cc(C(=O)OC(C)C(=O)NCC(C)C)c1. The Hall–Kier alpha value is -2.24. The standard InChI is InChI=1S/C15H22N2O4/c1-9(2)8-17-14(18)10(3)21-15(19)11-5-12(16)7-13(6-11)20-4/h5-7,9-10H,8,16H2,1-4H3,(H,17,18). The van der Waals surface area contributed by atoms with E-state index in [-0.39, 0.29) is 11.5 Å². The van der Waals surface area contributed by atoms with Gasteiger partial charge in [0.15, 0.2) is 6.10 Å². The van der Waals surface area contributed by atoms with E-state index >= 15 is 0 Å². The van der Waals surface area contributed by atoms with Gasteiger partial charge in [0.1, 0.15) is 5.75 Å². The highest BCUT2D eigenvalue weighted by molar-refractivity contribution is 5.93. The van der Waals surface area contributed by atoms with Crippen LogP contribution in [0.15, 0.2) is 18.2 Å². The molecule has 3 N–H and O–H groups in total. The number of carbonyl (C=O) groups excluding carboxylic acids is 2. The zero-order valence-electron chi connectivity index (χ0n) is 12.8. The molecule has 0 saturated carbocycles. The highest BCUT2D eigenvalue weighted by atomic mass is 16.5. The first kappa shape index (κ1) is 16.8. The summed E-state index contributed by atoms with van der Waals surface area (Å²) in [5.41, 5.74) is 6.31. The maximum absolute atomic E-state index is 12.0. The molecule has 116 valence electrons. The number of hydrogen-bond acceptors (Lipinski definition) is 5. The molecule has 0 heterocycles. The number of methoxy groups -OCH3 is 1. The number of benzene rings is 1. The molecule has 6 heteroatoms. The van der Waals surface area contributed by atoms with Gasteiger partial charge in [0.25, 0.3) is 5.91 Å². The molecule has 0 fully saturated rings. The fourth-order valence-electron chi connectivity index (χ4n) is 1.59. The van der Waals surface area contributed by atoms with Crippen LogP contribution >= 0.6 is 0 Å². The third-order valence-electron chi connectivity index (χ3n) is 2.74. The first-order valence-corrected chi connectivity index (χ1v) is 6.76. The maximum Gasteiger partial charge on any atom is 0.339 e. The second kappa shape index (κ2) is 7.52. The van der Waals surface area contributed by atoms with Crippen molar-refractivity contribution < 1.29 is 19.1 Å². The van der Waals surface area contributed by atoms with Gasteiger partial charge in [-0.15, -0.1) is 0 Å². The lowest BCUT2D eigenvalue weighted by Crippen LogP contribution is -2.37. The van der Waals surface area contributed by atoms with E-state index in [1.807, 2.05) is 13.8 Å². The normalized spacial score (nSPS) is 11.9. The predicted octanol–water partition coefficient (Wildman–Crippen LogP) is 1.59. The minimum absolute atomic E-state index is 0.246. The number of nitrogens with two attached hydrogens (primary N) is 1. The van der Waals surface area contributed by atoms with E-state index in [1.54, 1.807) is 6.07 Å². The zero-order chi connectivity index (χ0) is 16.0. The van der Waals surface area contributed by atoms with Crippen LogP contribution in [0.3, 0.4) is 0 Å². The van der Waals surface area contributed by atoms with E-state index < -0.39 is 12.1 Å². The Bertz CT molecular complexity index is 514. The summed E-state index contributed by atoms with van der Waals surface area (Å²) in [7, 11) is 1.48. The summed E-state index contributed by atoms with van der Waals surface area (Å²) in [5, 5.41) is 2.71. The van der Waals surface area contributed by atoms with Gasteiger partial charge in [0.2, 0.25) is 0 Å². The van der Waals surface area contributed by atoms with Gasteiger partial charge in [-0.1, -0.05) is 13.8 Å². The third kappa shape index (κ3) is 5.33. The molecule has 0 spiro atoms. The fourth-order valence-corrected chi connectivity index (χ4v) is 1.59. The minimum Gasteiger partial charge on any atom is -0.497 e. The van der Waals surface area contributed by atoms with Crippen LogP contribution in [0.4, 0.5) is 5.69 Å². The maximum atomic E-state index is 12.0. The van der Waals surface area contributed by atoms with Crippen LogP contribution in [0.1, 0.15) is 31.1 Å². The molecule has 6 nitrogen and oxygen atoms in total. The lowest BCUT2D eigenvalue weighted by Gasteiger charge is -2.15. The van der Waals surface area contributed by atoms with Crippen LogP contribution in [0.5, 0.6) is 5.75 Å². The number of anilines is 1. The molecule has 1 atom stereocenters. The van der Waals surface area contributed by atoms with Gasteiger partial charge in [-0.05, 0) is 25.0 Å². The first-order chi connectivity index (χ1) is 9.83. The number of esters is 1. The number of nitrogens with one attached hydrogen (secondary N) is 1. The topological polar surface area (TPSA) is 90.7 Å². The van der Waals surface area contributed by atoms with Crippen molar-refractivity contribution >= 4 is 17.6 Å². The Balaban J connectivity index is 2.68. The Kier molecular flexibility index (Phi) is 6.02. The van der Waals surface area contributed by atoms with Gasteiger partial charge in [0, 0.05) is 18.3 Å². The Morgan fingerprint density at radius 2 is 1.90 bits per heavy atom. The summed E-state index contributed by atoms with van der Waals surface area (Å²) in [4.78, 5) is 23.8. The monoisotopic (exact) mass is 294 g/mol. The molecular formula is C15H22N2O4. The highest BCUT2D eigenvalue weighted by Gasteiger charge is 2.19. The van der Waals surface area contributed by atoms with Crippen molar-refractivity contribution in [3.05, 3.63) is 23.8 Å². The molecule has 0 aliphatic carbocycles. The van der Waals surface area contributed by atoms with Gasteiger partial charge < -0.3 is 20.5 Å². The molecule has 1 aromatic carbocycles. The van der Waals surface area contributed by atoms with Gasteiger partial charge in [0.05, 0.1) is 12.7 Å². The van der Waals surface area contributed by atoms with E-state index in [9.17, 15) is 9.59 Å². The number of hydrogen-bond donors (Lipinski definition) is 2.